The third-order valence-corrected chi connectivity index (χ3v) is 2.63. The Morgan fingerprint density at radius 3 is 2.27 bits per heavy atom. The van der Waals surface area contributed by atoms with Crippen molar-refractivity contribution in [1.82, 2.24) is 10.9 Å². The molecule has 2 rings (SSSR count). The smallest absolute Gasteiger partial charge is 0.307 e. The molecule has 0 saturated carbocycles. The van der Waals surface area contributed by atoms with Gasteiger partial charge in [-0.1, -0.05) is 30.3 Å². The number of anilines is 1. The van der Waals surface area contributed by atoms with Gasteiger partial charge in [-0.15, -0.1) is 0 Å². The number of rotatable bonds is 3. The van der Waals surface area contributed by atoms with E-state index in [1.54, 1.807) is 24.3 Å². The summed E-state index contributed by atoms with van der Waals surface area (Å²) in [6.45, 7) is 0. The second kappa shape index (κ2) is 7.58. The first kappa shape index (κ1) is 15.2. The Hall–Kier alpha value is -3.15. The van der Waals surface area contributed by atoms with Crippen LogP contribution in [0.15, 0.2) is 60.7 Å². The van der Waals surface area contributed by atoms with Crippen molar-refractivity contribution in [2.75, 3.05) is 5.32 Å². The molecule has 0 aromatic heterocycles. The highest BCUT2D eigenvalue weighted by molar-refractivity contribution is 5.95. The number of carbonyl (C=O) groups is 2. The minimum absolute atomic E-state index is 0.346. The Morgan fingerprint density at radius 2 is 1.59 bits per heavy atom. The number of benzene rings is 2. The maximum atomic E-state index is 12.7. The van der Waals surface area contributed by atoms with Crippen LogP contribution in [0.1, 0.15) is 5.56 Å². The molecule has 112 valence electrons. The van der Waals surface area contributed by atoms with Gasteiger partial charge >= 0.3 is 6.03 Å². The van der Waals surface area contributed by atoms with Crippen molar-refractivity contribution in [3.05, 3.63) is 72.1 Å². The Balaban J connectivity index is 1.77. The summed E-state index contributed by atoms with van der Waals surface area (Å²) in [6.07, 6.45) is 2.74. The molecule has 0 fully saturated rings. The molecule has 0 aliphatic rings. The lowest BCUT2D eigenvalue weighted by atomic mass is 10.2. The second-order valence-corrected chi connectivity index (χ2v) is 4.32. The lowest BCUT2D eigenvalue weighted by Gasteiger charge is -2.07. The molecule has 0 bridgehead atoms. The molecule has 0 aliphatic carbocycles. The number of urea groups is 1. The molecule has 0 radical (unpaired) electrons. The Kier molecular flexibility index (Phi) is 5.25. The van der Waals surface area contributed by atoms with Gasteiger partial charge in [0.2, 0.25) is 0 Å². The maximum Gasteiger partial charge on any atom is 0.337 e. The molecule has 6 heteroatoms. The van der Waals surface area contributed by atoms with Crippen molar-refractivity contribution in [2.24, 2.45) is 0 Å². The average molecular weight is 299 g/mol. The molecule has 5 nitrogen and oxygen atoms in total. The van der Waals surface area contributed by atoms with Gasteiger partial charge in [-0.05, 0) is 35.9 Å². The van der Waals surface area contributed by atoms with Gasteiger partial charge in [0.25, 0.3) is 5.91 Å². The Morgan fingerprint density at radius 1 is 0.909 bits per heavy atom. The van der Waals surface area contributed by atoms with Crippen LogP contribution >= 0.6 is 0 Å². The maximum absolute atomic E-state index is 12.7. The lowest BCUT2D eigenvalue weighted by Crippen LogP contribution is -2.43. The number of halogens is 1. The highest BCUT2D eigenvalue weighted by Crippen LogP contribution is 2.05. The van der Waals surface area contributed by atoms with Crippen LogP contribution in [0, 0.1) is 5.82 Å². The molecule has 3 amide bonds. The number of nitrogens with one attached hydrogen (secondary N) is 3. The zero-order valence-electron chi connectivity index (χ0n) is 11.5. The fourth-order valence-corrected chi connectivity index (χ4v) is 1.59. The van der Waals surface area contributed by atoms with Gasteiger partial charge in [0, 0.05) is 11.8 Å². The van der Waals surface area contributed by atoms with Crippen LogP contribution < -0.4 is 16.2 Å². The zero-order valence-corrected chi connectivity index (χ0v) is 11.5. The van der Waals surface area contributed by atoms with Crippen molar-refractivity contribution in [1.29, 1.82) is 0 Å². The van der Waals surface area contributed by atoms with Crippen LogP contribution in [0.2, 0.25) is 0 Å². The molecule has 0 spiro atoms. The molecule has 22 heavy (non-hydrogen) atoms. The third kappa shape index (κ3) is 5.09. The van der Waals surface area contributed by atoms with Crippen LogP contribution in [0.4, 0.5) is 14.9 Å². The van der Waals surface area contributed by atoms with E-state index in [2.05, 4.69) is 16.2 Å². The summed E-state index contributed by atoms with van der Waals surface area (Å²) in [4.78, 5) is 23.1. The number of amides is 3. The first-order valence-electron chi connectivity index (χ1n) is 6.49. The van der Waals surface area contributed by atoms with Gasteiger partial charge in [0.05, 0.1) is 0 Å². The highest BCUT2D eigenvalue weighted by Gasteiger charge is 2.01. The van der Waals surface area contributed by atoms with Gasteiger partial charge in [0.15, 0.2) is 0 Å². The molecule has 0 atom stereocenters. The molecule has 3 N–H and O–H groups in total. The molecule has 0 saturated heterocycles. The van der Waals surface area contributed by atoms with E-state index in [1.165, 1.54) is 36.4 Å². The predicted octanol–water partition coefficient (Wildman–Crippen LogP) is 2.69. The average Bonchev–Trinajstić information content (AvgIpc) is 2.53. The summed E-state index contributed by atoms with van der Waals surface area (Å²) in [7, 11) is 0. The summed E-state index contributed by atoms with van der Waals surface area (Å²) in [6, 6.07) is 13.9. The topological polar surface area (TPSA) is 70.2 Å². The molecule has 2 aromatic carbocycles. The quantitative estimate of drug-likeness (QED) is 0.602. The highest BCUT2D eigenvalue weighted by atomic mass is 19.1. The number of para-hydroxylation sites is 1. The van der Waals surface area contributed by atoms with E-state index >= 15 is 0 Å². The Labute approximate surface area is 126 Å². The number of hydrazine groups is 1. The first-order valence-corrected chi connectivity index (χ1v) is 6.49. The van der Waals surface area contributed by atoms with E-state index in [4.69, 9.17) is 0 Å². The zero-order chi connectivity index (χ0) is 15.8. The van der Waals surface area contributed by atoms with E-state index in [-0.39, 0.29) is 5.82 Å². The monoisotopic (exact) mass is 299 g/mol. The fourth-order valence-electron chi connectivity index (χ4n) is 1.59. The molecule has 2 aromatic rings. The minimum atomic E-state index is -0.560. The van der Waals surface area contributed by atoms with E-state index in [9.17, 15) is 14.0 Å². The molecule has 0 unspecified atom stereocenters. The number of hydrogen-bond donors (Lipinski definition) is 3. The summed E-state index contributed by atoms with van der Waals surface area (Å²) in [5, 5.41) is 2.55. The van der Waals surface area contributed by atoms with Crippen LogP contribution in [-0.4, -0.2) is 11.9 Å². The first-order chi connectivity index (χ1) is 10.6. The van der Waals surface area contributed by atoms with Crippen molar-refractivity contribution in [2.45, 2.75) is 0 Å². The van der Waals surface area contributed by atoms with Gasteiger partial charge in [-0.2, -0.15) is 0 Å². The summed E-state index contributed by atoms with van der Waals surface area (Å²) in [5.41, 5.74) is 5.72. The second-order valence-electron chi connectivity index (χ2n) is 4.32. The lowest BCUT2D eigenvalue weighted by molar-refractivity contribution is -0.117. The van der Waals surface area contributed by atoms with Crippen LogP contribution in [0.5, 0.6) is 0 Å². The number of hydrogen-bond acceptors (Lipinski definition) is 2. The Bertz CT molecular complexity index is 670. The van der Waals surface area contributed by atoms with E-state index < -0.39 is 11.9 Å². The van der Waals surface area contributed by atoms with Gasteiger partial charge in [-0.3, -0.25) is 10.2 Å². The van der Waals surface area contributed by atoms with Crippen molar-refractivity contribution < 1.29 is 14.0 Å². The summed E-state index contributed by atoms with van der Waals surface area (Å²) in [5.74, 6) is -0.853. The van der Waals surface area contributed by atoms with Crippen molar-refractivity contribution >= 4 is 23.7 Å². The normalized spacial score (nSPS) is 10.2. The fraction of sp³-hybridized carbons (Fsp3) is 0. The summed E-state index contributed by atoms with van der Waals surface area (Å²) >= 11 is 0. The van der Waals surface area contributed by atoms with Crippen molar-refractivity contribution in [3.8, 4) is 0 Å². The molecule has 0 heterocycles. The SMILES string of the molecule is O=C(C=Cc1ccc(F)cc1)NNC(=O)Nc1ccccc1. The summed E-state index contributed by atoms with van der Waals surface area (Å²) < 4.78 is 12.7. The largest absolute Gasteiger partial charge is 0.337 e. The van der Waals surface area contributed by atoms with E-state index in [1.807, 2.05) is 6.07 Å². The molecular weight excluding hydrogens is 285 g/mol. The minimum Gasteiger partial charge on any atom is -0.307 e. The van der Waals surface area contributed by atoms with E-state index in [0.29, 0.717) is 11.3 Å². The number of carbonyl (C=O) groups excluding carboxylic acids is 2. The standard InChI is InChI=1S/C16H14FN3O2/c17-13-9-6-12(7-10-13)8-11-15(21)19-20-16(22)18-14-4-2-1-3-5-14/h1-11H,(H,19,21)(H2,18,20,22). The van der Waals surface area contributed by atoms with Gasteiger partial charge in [0.1, 0.15) is 5.82 Å². The van der Waals surface area contributed by atoms with Gasteiger partial charge < -0.3 is 5.32 Å². The van der Waals surface area contributed by atoms with Gasteiger partial charge in [-0.25, -0.2) is 14.6 Å². The molecule has 0 aliphatic heterocycles. The van der Waals surface area contributed by atoms with Crippen LogP contribution in [-0.2, 0) is 4.79 Å². The van der Waals surface area contributed by atoms with E-state index in [0.717, 1.165) is 0 Å². The predicted molar refractivity (Wildman–Crippen MR) is 82.2 cm³/mol. The van der Waals surface area contributed by atoms with Crippen LogP contribution in [0.25, 0.3) is 6.08 Å². The van der Waals surface area contributed by atoms with Crippen LogP contribution in [0.3, 0.4) is 0 Å². The van der Waals surface area contributed by atoms with Crippen molar-refractivity contribution in [3.63, 3.8) is 0 Å². The third-order valence-electron chi connectivity index (χ3n) is 2.63. The molecular formula is C16H14FN3O2.